The van der Waals surface area contributed by atoms with Gasteiger partial charge in [0.15, 0.2) is 0 Å². The summed E-state index contributed by atoms with van der Waals surface area (Å²) in [6.45, 7) is 3.57. The minimum Gasteiger partial charge on any atom is -0.472 e. The topological polar surface area (TPSA) is 68.7 Å². The van der Waals surface area contributed by atoms with E-state index in [4.69, 9.17) is 14.9 Å². The Balaban J connectivity index is 2.02. The first-order valence-corrected chi connectivity index (χ1v) is 5.37. The Morgan fingerprint density at radius 3 is 3.12 bits per heavy atom. The molecule has 0 aromatic carbocycles. The number of hydrogen-bond acceptors (Lipinski definition) is 4. The minimum absolute atomic E-state index is 0.0253. The SMILES string of the molecule is C[C@H](N)[C@H]1CN(C(=O)c2ccoc2)CCO1. The van der Waals surface area contributed by atoms with Gasteiger partial charge in [0.1, 0.15) is 6.26 Å². The molecule has 1 aliphatic rings. The predicted octanol–water partition coefficient (Wildman–Crippen LogP) is 0.468. The largest absolute Gasteiger partial charge is 0.472 e. The Kier molecular flexibility index (Phi) is 3.26. The summed E-state index contributed by atoms with van der Waals surface area (Å²) in [6, 6.07) is 1.60. The molecule has 1 aromatic heterocycles. The lowest BCUT2D eigenvalue weighted by molar-refractivity contribution is -0.0300. The van der Waals surface area contributed by atoms with E-state index >= 15 is 0 Å². The fraction of sp³-hybridized carbons (Fsp3) is 0.545. The maximum atomic E-state index is 12.0. The molecule has 0 spiro atoms. The van der Waals surface area contributed by atoms with Gasteiger partial charge in [-0.05, 0) is 13.0 Å². The molecule has 0 radical (unpaired) electrons. The fourth-order valence-electron chi connectivity index (χ4n) is 1.75. The zero-order valence-corrected chi connectivity index (χ0v) is 9.26. The van der Waals surface area contributed by atoms with Crippen LogP contribution >= 0.6 is 0 Å². The van der Waals surface area contributed by atoms with Crippen molar-refractivity contribution in [1.82, 2.24) is 4.90 Å². The smallest absolute Gasteiger partial charge is 0.257 e. The van der Waals surface area contributed by atoms with Gasteiger partial charge in [-0.1, -0.05) is 0 Å². The molecule has 0 unspecified atom stereocenters. The highest BCUT2D eigenvalue weighted by molar-refractivity contribution is 5.93. The van der Waals surface area contributed by atoms with Gasteiger partial charge in [0.05, 0.1) is 24.5 Å². The summed E-state index contributed by atoms with van der Waals surface area (Å²) in [4.78, 5) is 13.8. The molecule has 5 heteroatoms. The molecule has 0 aliphatic carbocycles. The molecule has 0 bridgehead atoms. The summed E-state index contributed by atoms with van der Waals surface area (Å²) < 4.78 is 10.4. The summed E-state index contributed by atoms with van der Waals surface area (Å²) in [6.07, 6.45) is 2.87. The highest BCUT2D eigenvalue weighted by Gasteiger charge is 2.27. The molecule has 1 aliphatic heterocycles. The van der Waals surface area contributed by atoms with Crippen molar-refractivity contribution < 1.29 is 13.9 Å². The van der Waals surface area contributed by atoms with Gasteiger partial charge in [0.2, 0.25) is 0 Å². The molecule has 0 saturated carbocycles. The van der Waals surface area contributed by atoms with Crippen LogP contribution in [0.2, 0.25) is 0 Å². The Hall–Kier alpha value is -1.33. The van der Waals surface area contributed by atoms with E-state index in [1.54, 1.807) is 11.0 Å². The standard InChI is InChI=1S/C11H16N2O3/c1-8(12)10-6-13(3-5-16-10)11(14)9-2-4-15-7-9/h2,4,7-8,10H,3,5-6,12H2,1H3/t8-,10+/m0/s1. The summed E-state index contributed by atoms with van der Waals surface area (Å²) in [5.41, 5.74) is 6.34. The maximum Gasteiger partial charge on any atom is 0.257 e. The van der Waals surface area contributed by atoms with Crippen LogP contribution in [0, 0.1) is 0 Å². The molecular weight excluding hydrogens is 208 g/mol. The molecule has 16 heavy (non-hydrogen) atoms. The molecule has 88 valence electrons. The molecule has 2 heterocycles. The van der Waals surface area contributed by atoms with Crippen molar-refractivity contribution in [2.24, 2.45) is 5.73 Å². The quantitative estimate of drug-likeness (QED) is 0.792. The number of ether oxygens (including phenoxy) is 1. The van der Waals surface area contributed by atoms with E-state index < -0.39 is 0 Å². The fourth-order valence-corrected chi connectivity index (χ4v) is 1.75. The van der Waals surface area contributed by atoms with E-state index in [1.807, 2.05) is 6.92 Å². The number of morpholine rings is 1. The molecule has 2 N–H and O–H groups in total. The van der Waals surface area contributed by atoms with E-state index in [0.29, 0.717) is 25.3 Å². The molecule has 5 nitrogen and oxygen atoms in total. The Labute approximate surface area is 94.1 Å². The van der Waals surface area contributed by atoms with Crippen molar-refractivity contribution in [1.29, 1.82) is 0 Å². The highest BCUT2D eigenvalue weighted by atomic mass is 16.5. The monoisotopic (exact) mass is 224 g/mol. The van der Waals surface area contributed by atoms with Gasteiger partial charge >= 0.3 is 0 Å². The summed E-state index contributed by atoms with van der Waals surface area (Å²) in [7, 11) is 0. The van der Waals surface area contributed by atoms with Gasteiger partial charge in [-0.15, -0.1) is 0 Å². The number of nitrogens with two attached hydrogens (primary N) is 1. The number of furan rings is 1. The first-order chi connectivity index (χ1) is 7.68. The van der Waals surface area contributed by atoms with Crippen LogP contribution in [0.1, 0.15) is 17.3 Å². The number of carbonyl (C=O) groups excluding carboxylic acids is 1. The average Bonchev–Trinajstić information content (AvgIpc) is 2.81. The zero-order valence-electron chi connectivity index (χ0n) is 9.26. The predicted molar refractivity (Wildman–Crippen MR) is 58.0 cm³/mol. The van der Waals surface area contributed by atoms with Crippen molar-refractivity contribution >= 4 is 5.91 Å². The van der Waals surface area contributed by atoms with Crippen molar-refractivity contribution in [3.8, 4) is 0 Å². The van der Waals surface area contributed by atoms with E-state index in [0.717, 1.165) is 0 Å². The van der Waals surface area contributed by atoms with Crippen LogP contribution in [0.4, 0.5) is 0 Å². The zero-order chi connectivity index (χ0) is 11.5. The van der Waals surface area contributed by atoms with Crippen LogP contribution in [-0.2, 0) is 4.74 Å². The molecule has 1 aromatic rings. The third-order valence-electron chi connectivity index (χ3n) is 2.74. The molecule has 1 saturated heterocycles. The van der Waals surface area contributed by atoms with Crippen LogP contribution in [0.25, 0.3) is 0 Å². The minimum atomic E-state index is -0.0791. The molecule has 2 rings (SSSR count). The van der Waals surface area contributed by atoms with E-state index in [-0.39, 0.29) is 18.1 Å². The van der Waals surface area contributed by atoms with Crippen molar-refractivity contribution in [2.45, 2.75) is 19.1 Å². The lowest BCUT2D eigenvalue weighted by atomic mass is 10.1. The maximum absolute atomic E-state index is 12.0. The van der Waals surface area contributed by atoms with Crippen molar-refractivity contribution in [3.63, 3.8) is 0 Å². The number of nitrogens with zero attached hydrogens (tertiary/aromatic N) is 1. The summed E-state index contributed by atoms with van der Waals surface area (Å²) in [5.74, 6) is -0.0253. The Morgan fingerprint density at radius 1 is 1.69 bits per heavy atom. The molecular formula is C11H16N2O3. The second kappa shape index (κ2) is 4.67. The second-order valence-corrected chi connectivity index (χ2v) is 4.03. The normalized spacial score (nSPS) is 23.1. The highest BCUT2D eigenvalue weighted by Crippen LogP contribution is 2.12. The van der Waals surface area contributed by atoms with E-state index in [2.05, 4.69) is 0 Å². The lowest BCUT2D eigenvalue weighted by Crippen LogP contribution is -2.51. The van der Waals surface area contributed by atoms with E-state index in [1.165, 1.54) is 12.5 Å². The average molecular weight is 224 g/mol. The van der Waals surface area contributed by atoms with Gasteiger partial charge < -0.3 is 19.8 Å². The number of hydrogen-bond donors (Lipinski definition) is 1. The first-order valence-electron chi connectivity index (χ1n) is 5.37. The number of rotatable bonds is 2. The van der Waals surface area contributed by atoms with Gasteiger partial charge in [-0.2, -0.15) is 0 Å². The second-order valence-electron chi connectivity index (χ2n) is 4.03. The van der Waals surface area contributed by atoms with Gasteiger partial charge in [-0.3, -0.25) is 4.79 Å². The first kappa shape index (κ1) is 11.2. The number of carbonyl (C=O) groups is 1. The third kappa shape index (κ3) is 2.25. The van der Waals surface area contributed by atoms with Gasteiger partial charge in [0, 0.05) is 19.1 Å². The number of amides is 1. The third-order valence-corrected chi connectivity index (χ3v) is 2.74. The van der Waals surface area contributed by atoms with Crippen LogP contribution < -0.4 is 5.73 Å². The van der Waals surface area contributed by atoms with Crippen LogP contribution in [-0.4, -0.2) is 42.6 Å². The Morgan fingerprint density at radius 2 is 2.50 bits per heavy atom. The van der Waals surface area contributed by atoms with Crippen LogP contribution in [0.3, 0.4) is 0 Å². The van der Waals surface area contributed by atoms with Gasteiger partial charge in [0.25, 0.3) is 5.91 Å². The Bertz CT molecular complexity index is 348. The van der Waals surface area contributed by atoms with Gasteiger partial charge in [-0.25, -0.2) is 0 Å². The lowest BCUT2D eigenvalue weighted by Gasteiger charge is -2.34. The summed E-state index contributed by atoms with van der Waals surface area (Å²) in [5, 5.41) is 0. The molecule has 1 amide bonds. The molecule has 2 atom stereocenters. The van der Waals surface area contributed by atoms with Crippen LogP contribution in [0.5, 0.6) is 0 Å². The van der Waals surface area contributed by atoms with Crippen molar-refractivity contribution in [3.05, 3.63) is 24.2 Å². The molecule has 1 fully saturated rings. The van der Waals surface area contributed by atoms with E-state index in [9.17, 15) is 4.79 Å². The summed E-state index contributed by atoms with van der Waals surface area (Å²) >= 11 is 0. The van der Waals surface area contributed by atoms with Crippen molar-refractivity contribution in [2.75, 3.05) is 19.7 Å². The van der Waals surface area contributed by atoms with Crippen LogP contribution in [0.15, 0.2) is 23.0 Å².